The molecule has 144 valence electrons. The van der Waals surface area contributed by atoms with Gasteiger partial charge in [0.25, 0.3) is 5.91 Å². The van der Waals surface area contributed by atoms with Crippen molar-refractivity contribution in [3.8, 4) is 11.5 Å². The number of ether oxygens (including phenoxy) is 2. The third-order valence-corrected chi connectivity index (χ3v) is 5.21. The van der Waals surface area contributed by atoms with Crippen LogP contribution in [0.3, 0.4) is 0 Å². The molecule has 2 N–H and O–H groups in total. The number of carbonyl (C=O) groups is 2. The zero-order chi connectivity index (χ0) is 19.3. The molecule has 7 nitrogen and oxygen atoms in total. The van der Waals surface area contributed by atoms with Gasteiger partial charge in [-0.15, -0.1) is 0 Å². The van der Waals surface area contributed by atoms with Crippen LogP contribution in [0.25, 0.3) is 0 Å². The van der Waals surface area contributed by atoms with Crippen molar-refractivity contribution < 1.29 is 24.2 Å². The van der Waals surface area contributed by atoms with Crippen molar-refractivity contribution in [2.45, 2.75) is 58.6 Å². The molecular formula is C19H28N2O5. The van der Waals surface area contributed by atoms with E-state index in [2.05, 4.69) is 17.2 Å². The van der Waals surface area contributed by atoms with Crippen LogP contribution in [0.1, 0.15) is 56.9 Å². The lowest BCUT2D eigenvalue weighted by Gasteiger charge is -2.26. The third-order valence-electron chi connectivity index (χ3n) is 5.21. The molecule has 0 aromatic carbocycles. The minimum Gasteiger partial charge on any atom is -0.503 e. The Morgan fingerprint density at radius 2 is 1.92 bits per heavy atom. The number of nitrogens with one attached hydrogen (secondary N) is 1. The quantitative estimate of drug-likeness (QED) is 0.722. The fourth-order valence-corrected chi connectivity index (χ4v) is 3.35. The first-order valence-corrected chi connectivity index (χ1v) is 9.08. The number of aromatic hydroxyl groups is 1. The number of aromatic nitrogens is 1. The Bertz CT molecular complexity index is 643. The highest BCUT2D eigenvalue weighted by Gasteiger charge is 2.29. The van der Waals surface area contributed by atoms with Crippen LogP contribution in [-0.4, -0.2) is 41.2 Å². The lowest BCUT2D eigenvalue weighted by molar-refractivity contribution is -0.153. The predicted molar refractivity (Wildman–Crippen MR) is 96.1 cm³/mol. The first kappa shape index (κ1) is 20.0. The summed E-state index contributed by atoms with van der Waals surface area (Å²) >= 11 is 0. The van der Waals surface area contributed by atoms with Crippen LogP contribution >= 0.6 is 0 Å². The Hall–Kier alpha value is -2.31. The van der Waals surface area contributed by atoms with E-state index in [1.165, 1.54) is 45.1 Å². The van der Waals surface area contributed by atoms with Gasteiger partial charge in [-0.25, -0.2) is 9.78 Å². The molecule has 7 heteroatoms. The molecule has 1 fully saturated rings. The topological polar surface area (TPSA) is 97.8 Å². The number of esters is 1. The fraction of sp³-hybridized carbons (Fsp3) is 0.632. The summed E-state index contributed by atoms with van der Waals surface area (Å²) in [5.41, 5.74) is -0.198. The number of amides is 1. The third kappa shape index (κ3) is 4.65. The second kappa shape index (κ2) is 8.87. The highest BCUT2D eigenvalue weighted by molar-refractivity contribution is 5.97. The van der Waals surface area contributed by atoms with E-state index in [0.29, 0.717) is 5.92 Å². The average molecular weight is 364 g/mol. The molecule has 1 heterocycles. The van der Waals surface area contributed by atoms with Gasteiger partial charge in [-0.2, -0.15) is 0 Å². The van der Waals surface area contributed by atoms with E-state index in [1.807, 2.05) is 6.92 Å². The number of methoxy groups -OCH3 is 1. The monoisotopic (exact) mass is 364 g/mol. The van der Waals surface area contributed by atoms with Gasteiger partial charge in [-0.1, -0.05) is 32.6 Å². The maximum atomic E-state index is 12.3. The number of pyridine rings is 1. The molecule has 0 bridgehead atoms. The molecular weight excluding hydrogens is 336 g/mol. The van der Waals surface area contributed by atoms with E-state index in [0.717, 1.165) is 0 Å². The normalized spacial score (nSPS) is 18.0. The summed E-state index contributed by atoms with van der Waals surface area (Å²) < 4.78 is 10.5. The SMILES string of the molecule is COc1ccnc(C(=O)N[C@@H](C)C(=O)O[C@@H](C)[C@@H](C)C2CCCC2)c1O. The number of carbonyl (C=O) groups excluding carboxylic acids is 2. The number of hydrogen-bond donors (Lipinski definition) is 2. The van der Waals surface area contributed by atoms with Gasteiger partial charge in [0.1, 0.15) is 12.1 Å². The molecule has 3 atom stereocenters. The van der Waals surface area contributed by atoms with Gasteiger partial charge in [0, 0.05) is 12.3 Å². The van der Waals surface area contributed by atoms with E-state index < -0.39 is 17.9 Å². The number of rotatable bonds is 7. The largest absolute Gasteiger partial charge is 0.503 e. The molecule has 0 saturated heterocycles. The van der Waals surface area contributed by atoms with Gasteiger partial charge in [-0.3, -0.25) is 4.79 Å². The Kier molecular flexibility index (Phi) is 6.83. The Balaban J connectivity index is 1.93. The molecule has 0 spiro atoms. The molecule has 1 aliphatic rings. The maximum absolute atomic E-state index is 12.3. The Morgan fingerprint density at radius 3 is 2.54 bits per heavy atom. The van der Waals surface area contributed by atoms with E-state index >= 15 is 0 Å². The Morgan fingerprint density at radius 1 is 1.27 bits per heavy atom. The summed E-state index contributed by atoms with van der Waals surface area (Å²) in [5, 5.41) is 12.5. The highest BCUT2D eigenvalue weighted by Crippen LogP contribution is 2.33. The van der Waals surface area contributed by atoms with Crippen LogP contribution in [0, 0.1) is 11.8 Å². The van der Waals surface area contributed by atoms with Crippen LogP contribution in [0.2, 0.25) is 0 Å². The summed E-state index contributed by atoms with van der Waals surface area (Å²) in [6.07, 6.45) is 5.96. The highest BCUT2D eigenvalue weighted by atomic mass is 16.5. The summed E-state index contributed by atoms with van der Waals surface area (Å²) in [5.74, 6) is -0.523. The van der Waals surface area contributed by atoms with Gasteiger partial charge >= 0.3 is 5.97 Å². The van der Waals surface area contributed by atoms with Crippen LogP contribution in [0.15, 0.2) is 12.3 Å². The molecule has 26 heavy (non-hydrogen) atoms. The lowest BCUT2D eigenvalue weighted by Crippen LogP contribution is -2.42. The smallest absolute Gasteiger partial charge is 0.328 e. The van der Waals surface area contributed by atoms with Crippen LogP contribution < -0.4 is 10.1 Å². The van der Waals surface area contributed by atoms with Crippen molar-refractivity contribution in [3.05, 3.63) is 18.0 Å². The van der Waals surface area contributed by atoms with Gasteiger partial charge < -0.3 is 19.9 Å². The molecule has 0 unspecified atom stereocenters. The average Bonchev–Trinajstić information content (AvgIpc) is 3.15. The van der Waals surface area contributed by atoms with Gasteiger partial charge in [0.05, 0.1) is 7.11 Å². The number of nitrogens with zero attached hydrogens (tertiary/aromatic N) is 1. The zero-order valence-electron chi connectivity index (χ0n) is 15.8. The van der Waals surface area contributed by atoms with Gasteiger partial charge in [0.2, 0.25) is 0 Å². The van der Waals surface area contributed by atoms with Crippen molar-refractivity contribution in [1.29, 1.82) is 0 Å². The van der Waals surface area contributed by atoms with Crippen molar-refractivity contribution >= 4 is 11.9 Å². The maximum Gasteiger partial charge on any atom is 0.328 e. The Labute approximate surface area is 154 Å². The summed E-state index contributed by atoms with van der Waals surface area (Å²) in [6, 6.07) is 0.587. The molecule has 1 amide bonds. The molecule has 0 radical (unpaired) electrons. The number of hydrogen-bond acceptors (Lipinski definition) is 6. The fourth-order valence-electron chi connectivity index (χ4n) is 3.35. The van der Waals surface area contributed by atoms with Crippen molar-refractivity contribution in [2.75, 3.05) is 7.11 Å². The minimum absolute atomic E-state index is 0.138. The molecule has 1 aromatic heterocycles. The summed E-state index contributed by atoms with van der Waals surface area (Å²) in [4.78, 5) is 28.4. The van der Waals surface area contributed by atoms with Crippen molar-refractivity contribution in [3.63, 3.8) is 0 Å². The van der Waals surface area contributed by atoms with Crippen molar-refractivity contribution in [2.24, 2.45) is 11.8 Å². The first-order chi connectivity index (χ1) is 12.3. The standard InChI is InChI=1S/C19H28N2O5/c1-11(14-7-5-6-8-14)13(3)26-19(24)12(2)21-18(23)16-17(22)15(25-4)9-10-20-16/h9-14,22H,5-8H2,1-4H3,(H,21,23)/t11-,12+,13+/m1/s1. The van der Waals surface area contributed by atoms with E-state index in [-0.39, 0.29) is 29.2 Å². The van der Waals surface area contributed by atoms with E-state index in [9.17, 15) is 14.7 Å². The zero-order valence-corrected chi connectivity index (χ0v) is 15.8. The second-order valence-corrected chi connectivity index (χ2v) is 6.95. The lowest BCUT2D eigenvalue weighted by atomic mass is 9.88. The molecule has 1 aliphatic carbocycles. The van der Waals surface area contributed by atoms with Crippen LogP contribution in [-0.2, 0) is 9.53 Å². The van der Waals surface area contributed by atoms with Gasteiger partial charge in [-0.05, 0) is 25.7 Å². The van der Waals surface area contributed by atoms with Crippen LogP contribution in [0.5, 0.6) is 11.5 Å². The summed E-state index contributed by atoms with van der Waals surface area (Å²) in [7, 11) is 1.38. The first-order valence-electron chi connectivity index (χ1n) is 9.08. The summed E-state index contributed by atoms with van der Waals surface area (Å²) in [6.45, 7) is 5.55. The molecule has 0 aliphatic heterocycles. The predicted octanol–water partition coefficient (Wildman–Crippen LogP) is 2.67. The van der Waals surface area contributed by atoms with Crippen LogP contribution in [0.4, 0.5) is 0 Å². The van der Waals surface area contributed by atoms with E-state index in [1.54, 1.807) is 6.92 Å². The van der Waals surface area contributed by atoms with Gasteiger partial charge in [0.15, 0.2) is 17.2 Å². The molecule has 1 aromatic rings. The minimum atomic E-state index is -0.854. The second-order valence-electron chi connectivity index (χ2n) is 6.95. The molecule has 1 saturated carbocycles. The molecule has 2 rings (SSSR count). The van der Waals surface area contributed by atoms with Crippen molar-refractivity contribution in [1.82, 2.24) is 10.3 Å². The van der Waals surface area contributed by atoms with E-state index in [4.69, 9.17) is 9.47 Å².